The lowest BCUT2D eigenvalue weighted by Crippen LogP contribution is -2.46. The predicted octanol–water partition coefficient (Wildman–Crippen LogP) is 3.83. The average molecular weight is 450 g/mol. The number of rotatable bonds is 7. The van der Waals surface area contributed by atoms with Gasteiger partial charge in [0.25, 0.3) is 0 Å². The molecule has 9 heteroatoms. The standard InChI is InChI=1S/C23H27N7OS/c1-16(2)15-31-17-7-8-18(23-25-27-28-26-23)20(13-17)30-11-9-29(10-12-30)14-22-24-19-5-3-4-6-21(19)32-22/h3-8,13,16H,9-12,14-15H2,1-2H3,(H,25,26,27,28). The van der Waals surface area contributed by atoms with Gasteiger partial charge in [0.2, 0.25) is 5.82 Å². The van der Waals surface area contributed by atoms with Crippen LogP contribution in [0.25, 0.3) is 21.6 Å². The molecule has 2 aromatic heterocycles. The van der Waals surface area contributed by atoms with E-state index in [2.05, 4.69) is 68.5 Å². The number of tetrazole rings is 1. The molecule has 0 amide bonds. The van der Waals surface area contributed by atoms with Crippen molar-refractivity contribution in [2.24, 2.45) is 5.92 Å². The molecule has 1 saturated heterocycles. The Hall–Kier alpha value is -3.04. The molecule has 166 valence electrons. The molecular weight excluding hydrogens is 422 g/mol. The first-order valence-electron chi connectivity index (χ1n) is 11.0. The van der Waals surface area contributed by atoms with E-state index in [0.29, 0.717) is 18.3 Å². The molecule has 1 aliphatic heterocycles. The minimum Gasteiger partial charge on any atom is -0.493 e. The van der Waals surface area contributed by atoms with E-state index in [9.17, 15) is 0 Å². The fourth-order valence-corrected chi connectivity index (χ4v) is 4.93. The van der Waals surface area contributed by atoms with Crippen molar-refractivity contribution in [1.29, 1.82) is 0 Å². The van der Waals surface area contributed by atoms with Crippen molar-refractivity contribution in [3.05, 3.63) is 47.5 Å². The van der Waals surface area contributed by atoms with Crippen LogP contribution in [-0.4, -0.2) is 63.3 Å². The molecule has 3 heterocycles. The van der Waals surface area contributed by atoms with Crippen molar-refractivity contribution in [2.75, 3.05) is 37.7 Å². The Kier molecular flexibility index (Phi) is 6.00. The topological polar surface area (TPSA) is 83.1 Å². The van der Waals surface area contributed by atoms with Gasteiger partial charge in [-0.05, 0) is 35.4 Å². The maximum Gasteiger partial charge on any atom is 0.206 e. The zero-order valence-electron chi connectivity index (χ0n) is 18.4. The molecule has 32 heavy (non-hydrogen) atoms. The summed E-state index contributed by atoms with van der Waals surface area (Å²) in [5, 5.41) is 15.9. The quantitative estimate of drug-likeness (QED) is 0.459. The summed E-state index contributed by atoms with van der Waals surface area (Å²) in [7, 11) is 0. The van der Waals surface area contributed by atoms with Gasteiger partial charge in [0.05, 0.1) is 29.1 Å². The maximum absolute atomic E-state index is 5.99. The minimum absolute atomic E-state index is 0.474. The number of H-pyrrole nitrogens is 1. The summed E-state index contributed by atoms with van der Waals surface area (Å²) in [6, 6.07) is 14.5. The van der Waals surface area contributed by atoms with Gasteiger partial charge in [-0.2, -0.15) is 5.21 Å². The molecule has 0 spiro atoms. The number of fused-ring (bicyclic) bond motifs is 1. The number of aromatic amines is 1. The molecule has 4 aromatic rings. The maximum atomic E-state index is 5.99. The van der Waals surface area contributed by atoms with Crippen molar-refractivity contribution in [1.82, 2.24) is 30.5 Å². The third-order valence-corrected chi connectivity index (χ3v) is 6.57. The largest absolute Gasteiger partial charge is 0.493 e. The molecule has 0 bridgehead atoms. The summed E-state index contributed by atoms with van der Waals surface area (Å²) in [5.41, 5.74) is 3.15. The van der Waals surface area contributed by atoms with Crippen molar-refractivity contribution in [3.8, 4) is 17.1 Å². The van der Waals surface area contributed by atoms with E-state index >= 15 is 0 Å². The summed E-state index contributed by atoms with van der Waals surface area (Å²) in [4.78, 5) is 9.66. The van der Waals surface area contributed by atoms with Crippen LogP contribution in [0.3, 0.4) is 0 Å². The summed E-state index contributed by atoms with van der Waals surface area (Å²) in [6.07, 6.45) is 0. The highest BCUT2D eigenvalue weighted by Crippen LogP contribution is 2.33. The number of piperazine rings is 1. The smallest absolute Gasteiger partial charge is 0.206 e. The van der Waals surface area contributed by atoms with Crippen molar-refractivity contribution < 1.29 is 4.74 Å². The monoisotopic (exact) mass is 449 g/mol. The van der Waals surface area contributed by atoms with Crippen LogP contribution in [0.1, 0.15) is 18.9 Å². The van der Waals surface area contributed by atoms with Crippen LogP contribution in [0, 0.1) is 5.92 Å². The molecule has 1 aliphatic rings. The van der Waals surface area contributed by atoms with E-state index in [1.54, 1.807) is 11.3 Å². The lowest BCUT2D eigenvalue weighted by atomic mass is 10.1. The number of nitrogens with one attached hydrogen (secondary N) is 1. The van der Waals surface area contributed by atoms with Gasteiger partial charge in [-0.25, -0.2) is 4.98 Å². The lowest BCUT2D eigenvalue weighted by Gasteiger charge is -2.36. The molecule has 0 radical (unpaired) electrons. The Morgan fingerprint density at radius 3 is 2.69 bits per heavy atom. The Morgan fingerprint density at radius 1 is 1.09 bits per heavy atom. The number of nitrogens with zero attached hydrogens (tertiary/aromatic N) is 6. The second-order valence-electron chi connectivity index (χ2n) is 8.46. The Bertz CT molecular complexity index is 1130. The van der Waals surface area contributed by atoms with Crippen LogP contribution in [0.4, 0.5) is 5.69 Å². The first kappa shape index (κ1) is 20.8. The third-order valence-electron chi connectivity index (χ3n) is 5.55. The van der Waals surface area contributed by atoms with Gasteiger partial charge < -0.3 is 9.64 Å². The number of ether oxygens (including phenoxy) is 1. The summed E-state index contributed by atoms with van der Waals surface area (Å²) < 4.78 is 7.25. The fourth-order valence-electron chi connectivity index (χ4n) is 3.92. The third kappa shape index (κ3) is 4.58. The molecular formula is C23H27N7OS. The highest BCUT2D eigenvalue weighted by Gasteiger charge is 2.22. The number of hydrogen-bond acceptors (Lipinski definition) is 8. The van der Waals surface area contributed by atoms with Gasteiger partial charge in [-0.3, -0.25) is 4.90 Å². The molecule has 8 nitrogen and oxygen atoms in total. The molecule has 0 aliphatic carbocycles. The normalized spacial score (nSPS) is 15.0. The first-order chi connectivity index (χ1) is 15.7. The van der Waals surface area contributed by atoms with Crippen molar-refractivity contribution in [2.45, 2.75) is 20.4 Å². The number of benzene rings is 2. The van der Waals surface area contributed by atoms with Gasteiger partial charge in [0.15, 0.2) is 0 Å². The highest BCUT2D eigenvalue weighted by atomic mass is 32.1. The van der Waals surface area contributed by atoms with Crippen LogP contribution < -0.4 is 9.64 Å². The van der Waals surface area contributed by atoms with Crippen LogP contribution in [-0.2, 0) is 6.54 Å². The lowest BCUT2D eigenvalue weighted by molar-refractivity contribution is 0.249. The number of para-hydroxylation sites is 1. The van der Waals surface area contributed by atoms with Crippen molar-refractivity contribution >= 4 is 27.2 Å². The summed E-state index contributed by atoms with van der Waals surface area (Å²) in [6.45, 7) is 9.67. The van der Waals surface area contributed by atoms with Gasteiger partial charge in [-0.1, -0.05) is 26.0 Å². The molecule has 1 fully saturated rings. The summed E-state index contributed by atoms with van der Waals surface area (Å²) >= 11 is 1.79. The van der Waals surface area contributed by atoms with Crippen LogP contribution in [0.2, 0.25) is 0 Å². The summed E-state index contributed by atoms with van der Waals surface area (Å²) in [5.74, 6) is 1.95. The zero-order chi connectivity index (χ0) is 21.9. The Balaban J connectivity index is 1.30. The SMILES string of the molecule is CC(C)COc1ccc(-c2nn[nH]n2)c(N2CCN(Cc3nc4ccccc4s3)CC2)c1. The van der Waals surface area contributed by atoms with Crippen molar-refractivity contribution in [3.63, 3.8) is 0 Å². The average Bonchev–Trinajstić information content (AvgIpc) is 3.48. The molecule has 1 N–H and O–H groups in total. The number of hydrogen-bond donors (Lipinski definition) is 1. The second-order valence-corrected chi connectivity index (χ2v) is 9.57. The zero-order valence-corrected chi connectivity index (χ0v) is 19.2. The fraction of sp³-hybridized carbons (Fsp3) is 0.391. The number of thiazole rings is 1. The predicted molar refractivity (Wildman–Crippen MR) is 127 cm³/mol. The van der Waals surface area contributed by atoms with E-state index in [0.717, 1.165) is 55.2 Å². The van der Waals surface area contributed by atoms with Gasteiger partial charge in [0.1, 0.15) is 10.8 Å². The van der Waals surface area contributed by atoms with E-state index in [1.807, 2.05) is 18.2 Å². The van der Waals surface area contributed by atoms with Crippen LogP contribution >= 0.6 is 11.3 Å². The minimum atomic E-state index is 0.474. The van der Waals surface area contributed by atoms with E-state index < -0.39 is 0 Å². The first-order valence-corrected chi connectivity index (χ1v) is 11.8. The molecule has 0 unspecified atom stereocenters. The second kappa shape index (κ2) is 9.22. The van der Waals surface area contributed by atoms with Gasteiger partial charge >= 0.3 is 0 Å². The van der Waals surface area contributed by atoms with E-state index in [4.69, 9.17) is 9.72 Å². The van der Waals surface area contributed by atoms with E-state index in [1.165, 1.54) is 9.71 Å². The van der Waals surface area contributed by atoms with E-state index in [-0.39, 0.29) is 0 Å². The number of aromatic nitrogens is 5. The van der Waals surface area contributed by atoms with Crippen LogP contribution in [0.15, 0.2) is 42.5 Å². The molecule has 2 aromatic carbocycles. The molecule has 0 saturated carbocycles. The molecule has 5 rings (SSSR count). The molecule has 0 atom stereocenters. The van der Waals surface area contributed by atoms with Gasteiger partial charge in [-0.15, -0.1) is 21.5 Å². The Morgan fingerprint density at radius 2 is 1.94 bits per heavy atom. The Labute approximate surface area is 191 Å². The van der Waals surface area contributed by atoms with Gasteiger partial charge in [0, 0.05) is 37.8 Å². The van der Waals surface area contributed by atoms with Crippen LogP contribution in [0.5, 0.6) is 5.75 Å². The number of anilines is 1. The highest BCUT2D eigenvalue weighted by molar-refractivity contribution is 7.18.